The number of rotatable bonds is 3. The highest BCUT2D eigenvalue weighted by Gasteiger charge is 2.33. The van der Waals surface area contributed by atoms with Crippen molar-refractivity contribution in [3.05, 3.63) is 16.6 Å². The van der Waals surface area contributed by atoms with E-state index < -0.39 is 0 Å². The van der Waals surface area contributed by atoms with Crippen LogP contribution in [-0.4, -0.2) is 41.6 Å². The lowest BCUT2D eigenvalue weighted by atomic mass is 9.84. The number of nitrogens with one attached hydrogen (secondary N) is 1. The summed E-state index contributed by atoms with van der Waals surface area (Å²) in [5.41, 5.74) is 0.322. The van der Waals surface area contributed by atoms with E-state index in [0.717, 1.165) is 19.6 Å². The third kappa shape index (κ3) is 3.77. The largest absolute Gasteiger partial charge is 0.311 e. The van der Waals surface area contributed by atoms with Crippen molar-refractivity contribution in [1.82, 2.24) is 15.2 Å². The molecule has 19 heavy (non-hydrogen) atoms. The van der Waals surface area contributed by atoms with Crippen LogP contribution in [0.3, 0.4) is 0 Å². The van der Waals surface area contributed by atoms with Gasteiger partial charge in [-0.05, 0) is 12.3 Å². The lowest BCUT2D eigenvalue weighted by molar-refractivity contribution is 0.0895. The van der Waals surface area contributed by atoms with Gasteiger partial charge >= 0.3 is 0 Å². The van der Waals surface area contributed by atoms with Crippen molar-refractivity contribution in [2.75, 3.05) is 19.6 Å². The van der Waals surface area contributed by atoms with E-state index in [1.165, 1.54) is 5.01 Å². The van der Waals surface area contributed by atoms with E-state index in [-0.39, 0.29) is 0 Å². The molecule has 1 aliphatic rings. The second-order valence-corrected chi connectivity index (χ2v) is 7.83. The van der Waals surface area contributed by atoms with Gasteiger partial charge in [-0.25, -0.2) is 4.98 Å². The second kappa shape index (κ2) is 5.90. The van der Waals surface area contributed by atoms with E-state index in [4.69, 9.17) is 0 Å². The van der Waals surface area contributed by atoms with Crippen LogP contribution in [0.15, 0.2) is 11.6 Å². The van der Waals surface area contributed by atoms with Gasteiger partial charge in [0.1, 0.15) is 0 Å². The minimum absolute atomic E-state index is 0.322. The van der Waals surface area contributed by atoms with E-state index in [1.54, 1.807) is 11.3 Å². The lowest BCUT2D eigenvalue weighted by Crippen LogP contribution is -2.59. The van der Waals surface area contributed by atoms with Gasteiger partial charge < -0.3 is 5.32 Å². The lowest BCUT2D eigenvalue weighted by Gasteiger charge is -2.44. The standard InChI is InChI=1S/C15H27N3S/c1-11(14-16-6-7-19-14)9-18-10-13(15(3,4)5)17-8-12(18)2/h6-7,11-13,17H,8-10H2,1-5H3. The van der Waals surface area contributed by atoms with Crippen LogP contribution >= 0.6 is 11.3 Å². The molecule has 0 amide bonds. The summed E-state index contributed by atoms with van der Waals surface area (Å²) in [6.07, 6.45) is 1.91. The molecule has 0 aliphatic carbocycles. The summed E-state index contributed by atoms with van der Waals surface area (Å²) >= 11 is 1.77. The smallest absolute Gasteiger partial charge is 0.0965 e. The summed E-state index contributed by atoms with van der Waals surface area (Å²) < 4.78 is 0. The van der Waals surface area contributed by atoms with Gasteiger partial charge in [0.05, 0.1) is 5.01 Å². The zero-order valence-corrected chi connectivity index (χ0v) is 13.6. The molecule has 4 heteroatoms. The summed E-state index contributed by atoms with van der Waals surface area (Å²) in [5.74, 6) is 0.529. The van der Waals surface area contributed by atoms with Crippen LogP contribution in [0.1, 0.15) is 45.5 Å². The first-order valence-corrected chi connectivity index (χ1v) is 8.12. The molecule has 1 aliphatic heterocycles. The highest BCUT2D eigenvalue weighted by Crippen LogP contribution is 2.26. The minimum Gasteiger partial charge on any atom is -0.311 e. The maximum atomic E-state index is 4.45. The molecule has 2 rings (SSSR count). The predicted octanol–water partition coefficient (Wildman–Crippen LogP) is 2.96. The highest BCUT2D eigenvalue weighted by atomic mass is 32.1. The van der Waals surface area contributed by atoms with E-state index in [9.17, 15) is 0 Å². The average molecular weight is 281 g/mol. The molecule has 3 atom stereocenters. The van der Waals surface area contributed by atoms with Gasteiger partial charge in [-0.3, -0.25) is 4.90 Å². The van der Waals surface area contributed by atoms with Crippen LogP contribution in [0.25, 0.3) is 0 Å². The normalized spacial score (nSPS) is 27.4. The Hall–Kier alpha value is -0.450. The van der Waals surface area contributed by atoms with Gasteiger partial charge in [-0.15, -0.1) is 11.3 Å². The Morgan fingerprint density at radius 3 is 2.84 bits per heavy atom. The molecular formula is C15H27N3S. The van der Waals surface area contributed by atoms with E-state index in [2.05, 4.69) is 55.2 Å². The van der Waals surface area contributed by atoms with Crippen molar-refractivity contribution in [2.45, 2.75) is 52.6 Å². The Balaban J connectivity index is 1.98. The SMILES string of the molecule is CC(CN1CC(C(C)(C)C)NCC1C)c1nccs1. The van der Waals surface area contributed by atoms with Gasteiger partial charge in [0.25, 0.3) is 0 Å². The van der Waals surface area contributed by atoms with Crippen LogP contribution in [-0.2, 0) is 0 Å². The molecule has 0 spiro atoms. The number of hydrogen-bond donors (Lipinski definition) is 1. The van der Waals surface area contributed by atoms with Gasteiger partial charge in [-0.1, -0.05) is 27.7 Å². The molecule has 1 N–H and O–H groups in total. The summed E-state index contributed by atoms with van der Waals surface area (Å²) in [6, 6.07) is 1.19. The number of piperazine rings is 1. The average Bonchev–Trinajstić information content (AvgIpc) is 2.84. The van der Waals surface area contributed by atoms with E-state index in [0.29, 0.717) is 23.4 Å². The molecule has 2 heterocycles. The summed E-state index contributed by atoms with van der Waals surface area (Å²) in [6.45, 7) is 14.9. The molecular weight excluding hydrogens is 254 g/mol. The molecule has 0 aromatic carbocycles. The van der Waals surface area contributed by atoms with Crippen molar-refractivity contribution in [1.29, 1.82) is 0 Å². The first kappa shape index (κ1) is 14.9. The fraction of sp³-hybridized carbons (Fsp3) is 0.800. The number of aromatic nitrogens is 1. The Bertz CT molecular complexity index is 383. The van der Waals surface area contributed by atoms with E-state index >= 15 is 0 Å². The molecule has 0 bridgehead atoms. The third-order valence-electron chi connectivity index (χ3n) is 4.13. The topological polar surface area (TPSA) is 28.2 Å². The molecule has 1 saturated heterocycles. The van der Waals surface area contributed by atoms with Crippen molar-refractivity contribution >= 4 is 11.3 Å². The zero-order chi connectivity index (χ0) is 14.0. The summed E-state index contributed by atoms with van der Waals surface area (Å²) in [7, 11) is 0. The first-order valence-electron chi connectivity index (χ1n) is 7.24. The Labute approximate surface area is 121 Å². The quantitative estimate of drug-likeness (QED) is 0.923. The maximum absolute atomic E-state index is 4.45. The van der Waals surface area contributed by atoms with Gasteiger partial charge in [0.2, 0.25) is 0 Å². The van der Waals surface area contributed by atoms with E-state index in [1.807, 2.05) is 6.20 Å². The maximum Gasteiger partial charge on any atom is 0.0965 e. The Kier molecular flexibility index (Phi) is 4.64. The first-order chi connectivity index (χ1) is 8.88. The Morgan fingerprint density at radius 2 is 2.26 bits per heavy atom. The van der Waals surface area contributed by atoms with Crippen LogP contribution in [0, 0.1) is 5.41 Å². The monoisotopic (exact) mass is 281 g/mol. The van der Waals surface area contributed by atoms with Crippen LogP contribution in [0.5, 0.6) is 0 Å². The van der Waals surface area contributed by atoms with Gasteiger partial charge in [0, 0.05) is 49.2 Å². The minimum atomic E-state index is 0.322. The summed E-state index contributed by atoms with van der Waals surface area (Å²) in [4.78, 5) is 7.07. The fourth-order valence-corrected chi connectivity index (χ4v) is 3.35. The van der Waals surface area contributed by atoms with Crippen molar-refractivity contribution < 1.29 is 0 Å². The third-order valence-corrected chi connectivity index (χ3v) is 5.13. The van der Waals surface area contributed by atoms with Crippen LogP contribution in [0.2, 0.25) is 0 Å². The van der Waals surface area contributed by atoms with Gasteiger partial charge in [-0.2, -0.15) is 0 Å². The number of thiazole rings is 1. The zero-order valence-electron chi connectivity index (χ0n) is 12.8. The molecule has 3 unspecified atom stereocenters. The Morgan fingerprint density at radius 1 is 1.53 bits per heavy atom. The second-order valence-electron chi connectivity index (χ2n) is 6.90. The van der Waals surface area contributed by atoms with Gasteiger partial charge in [0.15, 0.2) is 0 Å². The molecule has 1 aromatic rings. The highest BCUT2D eigenvalue weighted by molar-refractivity contribution is 7.09. The van der Waals surface area contributed by atoms with Crippen LogP contribution < -0.4 is 5.32 Å². The fourth-order valence-electron chi connectivity index (χ4n) is 2.66. The molecule has 1 aromatic heterocycles. The molecule has 0 saturated carbocycles. The predicted molar refractivity (Wildman–Crippen MR) is 82.8 cm³/mol. The molecule has 0 radical (unpaired) electrons. The number of hydrogen-bond acceptors (Lipinski definition) is 4. The van der Waals surface area contributed by atoms with Crippen molar-refractivity contribution in [3.63, 3.8) is 0 Å². The van der Waals surface area contributed by atoms with Crippen LogP contribution in [0.4, 0.5) is 0 Å². The number of nitrogens with zero attached hydrogens (tertiary/aromatic N) is 2. The van der Waals surface area contributed by atoms with Crippen molar-refractivity contribution in [3.8, 4) is 0 Å². The molecule has 108 valence electrons. The summed E-state index contributed by atoms with van der Waals surface area (Å²) in [5, 5.41) is 7.03. The van der Waals surface area contributed by atoms with Crippen molar-refractivity contribution in [2.24, 2.45) is 5.41 Å². The molecule has 1 fully saturated rings. The molecule has 3 nitrogen and oxygen atoms in total.